The fourth-order valence-electron chi connectivity index (χ4n) is 3.05. The van der Waals surface area contributed by atoms with E-state index in [0.29, 0.717) is 11.7 Å². The van der Waals surface area contributed by atoms with Gasteiger partial charge in [0.15, 0.2) is 0 Å². The summed E-state index contributed by atoms with van der Waals surface area (Å²) < 4.78 is 0. The first-order valence-corrected chi connectivity index (χ1v) is 7.38. The predicted octanol–water partition coefficient (Wildman–Crippen LogP) is 1.92. The van der Waals surface area contributed by atoms with E-state index in [0.717, 1.165) is 42.4 Å². The second-order valence-electron chi connectivity index (χ2n) is 6.02. The van der Waals surface area contributed by atoms with Crippen LogP contribution in [0, 0.1) is 0 Å². The Morgan fingerprint density at radius 1 is 1.43 bits per heavy atom. The molecule has 0 spiro atoms. The van der Waals surface area contributed by atoms with Crippen molar-refractivity contribution in [3.8, 4) is 0 Å². The van der Waals surface area contributed by atoms with Crippen LogP contribution in [-0.4, -0.2) is 53.9 Å². The zero-order valence-electron chi connectivity index (χ0n) is 12.6. The highest BCUT2D eigenvalue weighted by Crippen LogP contribution is 2.24. The molecule has 112 valence electrons. The van der Waals surface area contributed by atoms with Crippen LogP contribution in [0.4, 0.5) is 5.69 Å². The molecule has 21 heavy (non-hydrogen) atoms. The molecule has 2 heterocycles. The highest BCUT2D eigenvalue weighted by molar-refractivity contribution is 6.07. The molecule has 1 aromatic heterocycles. The smallest absolute Gasteiger partial charge is 0.256 e. The number of carbonyl (C=O) groups excluding carboxylic acids is 1. The third-order valence-corrected chi connectivity index (χ3v) is 4.35. The monoisotopic (exact) mass is 286 g/mol. The maximum atomic E-state index is 12.8. The summed E-state index contributed by atoms with van der Waals surface area (Å²) in [4.78, 5) is 20.1. The number of hydrogen-bond acceptors (Lipinski definition) is 3. The average Bonchev–Trinajstić information content (AvgIpc) is 2.89. The normalized spacial score (nSPS) is 19.4. The van der Waals surface area contributed by atoms with Gasteiger partial charge in [-0.2, -0.15) is 0 Å². The highest BCUT2D eigenvalue weighted by Gasteiger charge is 2.26. The number of anilines is 1. The lowest BCUT2D eigenvalue weighted by atomic mass is 10.0. The van der Waals surface area contributed by atoms with E-state index in [-0.39, 0.29) is 5.91 Å². The molecule has 5 heteroatoms. The van der Waals surface area contributed by atoms with Crippen molar-refractivity contribution < 1.29 is 4.79 Å². The molecule has 1 aromatic carbocycles. The van der Waals surface area contributed by atoms with E-state index in [1.165, 1.54) is 0 Å². The van der Waals surface area contributed by atoms with Crippen molar-refractivity contribution in [3.63, 3.8) is 0 Å². The van der Waals surface area contributed by atoms with Crippen LogP contribution in [0.15, 0.2) is 24.4 Å². The molecule has 1 atom stereocenters. The van der Waals surface area contributed by atoms with Crippen LogP contribution in [-0.2, 0) is 0 Å². The lowest BCUT2D eigenvalue weighted by molar-refractivity contribution is 0.0637. The molecule has 0 saturated carbocycles. The van der Waals surface area contributed by atoms with E-state index in [1.54, 1.807) is 6.20 Å². The van der Waals surface area contributed by atoms with Crippen LogP contribution in [0.1, 0.15) is 23.2 Å². The van der Waals surface area contributed by atoms with Crippen LogP contribution >= 0.6 is 0 Å². The van der Waals surface area contributed by atoms with Crippen LogP contribution in [0.2, 0.25) is 0 Å². The van der Waals surface area contributed by atoms with Gasteiger partial charge in [-0.3, -0.25) is 4.79 Å². The third-order valence-electron chi connectivity index (χ3n) is 4.35. The summed E-state index contributed by atoms with van der Waals surface area (Å²) in [5, 5.41) is 0.946. The lowest BCUT2D eigenvalue weighted by Gasteiger charge is -2.36. The Balaban J connectivity index is 1.86. The number of nitrogens with zero attached hydrogens (tertiary/aromatic N) is 2. The minimum atomic E-state index is 0.109. The Bertz CT molecular complexity index is 661. The van der Waals surface area contributed by atoms with Crippen molar-refractivity contribution >= 4 is 22.5 Å². The molecule has 2 aromatic rings. The number of benzene rings is 1. The van der Waals surface area contributed by atoms with Crippen LogP contribution in [0.25, 0.3) is 10.9 Å². The van der Waals surface area contributed by atoms with Crippen molar-refractivity contribution in [1.29, 1.82) is 0 Å². The second-order valence-corrected chi connectivity index (χ2v) is 6.02. The van der Waals surface area contributed by atoms with Gasteiger partial charge in [0.2, 0.25) is 0 Å². The number of piperidine rings is 1. The summed E-state index contributed by atoms with van der Waals surface area (Å²) in [6, 6.07) is 6.07. The Hall–Kier alpha value is -2.01. The number of likely N-dealkylation sites (N-methyl/N-ethyl adjacent to an activating group) is 1. The first kappa shape index (κ1) is 13.9. The molecule has 0 radical (unpaired) electrons. The molecule has 3 N–H and O–H groups in total. The van der Waals surface area contributed by atoms with E-state index in [4.69, 9.17) is 5.73 Å². The number of fused-ring (bicyclic) bond motifs is 1. The van der Waals surface area contributed by atoms with Gasteiger partial charge in [0.1, 0.15) is 0 Å². The summed E-state index contributed by atoms with van der Waals surface area (Å²) >= 11 is 0. The molecular weight excluding hydrogens is 264 g/mol. The predicted molar refractivity (Wildman–Crippen MR) is 85.3 cm³/mol. The van der Waals surface area contributed by atoms with Crippen LogP contribution in [0.3, 0.4) is 0 Å². The SMILES string of the molecule is CN(C)C1CCCN(C(=O)c2c[nH]c3cc(N)ccc23)C1. The van der Waals surface area contributed by atoms with Gasteiger partial charge >= 0.3 is 0 Å². The average molecular weight is 286 g/mol. The Kier molecular flexibility index (Phi) is 3.59. The number of H-pyrrole nitrogens is 1. The van der Waals surface area contributed by atoms with Crippen LogP contribution in [0.5, 0.6) is 0 Å². The fourth-order valence-corrected chi connectivity index (χ4v) is 3.05. The molecule has 1 amide bonds. The first-order valence-electron chi connectivity index (χ1n) is 7.38. The molecule has 1 aliphatic rings. The first-order chi connectivity index (χ1) is 10.1. The fraction of sp³-hybridized carbons (Fsp3) is 0.438. The van der Waals surface area contributed by atoms with Crippen molar-refractivity contribution in [2.45, 2.75) is 18.9 Å². The van der Waals surface area contributed by atoms with Crippen molar-refractivity contribution in [2.24, 2.45) is 0 Å². The summed E-state index contributed by atoms with van der Waals surface area (Å²) in [5.74, 6) is 0.109. The molecule has 1 saturated heterocycles. The van der Waals surface area contributed by atoms with Gasteiger partial charge in [-0.15, -0.1) is 0 Å². The summed E-state index contributed by atoms with van der Waals surface area (Å²) in [7, 11) is 4.15. The van der Waals surface area contributed by atoms with Crippen molar-refractivity contribution in [1.82, 2.24) is 14.8 Å². The number of amides is 1. The highest BCUT2D eigenvalue weighted by atomic mass is 16.2. The van der Waals surface area contributed by atoms with Gasteiger partial charge in [-0.05, 0) is 45.1 Å². The van der Waals surface area contributed by atoms with Gasteiger partial charge < -0.3 is 20.5 Å². The van der Waals surface area contributed by atoms with Crippen molar-refractivity contribution in [2.75, 3.05) is 32.9 Å². The maximum absolute atomic E-state index is 12.8. The van der Waals surface area contributed by atoms with Gasteiger partial charge in [-0.25, -0.2) is 0 Å². The number of nitrogen functional groups attached to an aromatic ring is 1. The molecule has 5 nitrogen and oxygen atoms in total. The quantitative estimate of drug-likeness (QED) is 0.829. The zero-order valence-corrected chi connectivity index (χ0v) is 12.6. The van der Waals surface area contributed by atoms with Gasteiger partial charge in [0.05, 0.1) is 5.56 Å². The number of aromatic nitrogens is 1. The summed E-state index contributed by atoms with van der Waals surface area (Å²) in [6.07, 6.45) is 4.01. The Morgan fingerprint density at radius 3 is 3.00 bits per heavy atom. The van der Waals surface area contributed by atoms with Gasteiger partial charge in [0.25, 0.3) is 5.91 Å². The standard InChI is InChI=1S/C16H22N4O/c1-19(2)12-4-3-7-20(10-12)16(21)14-9-18-15-8-11(17)5-6-13(14)15/h5-6,8-9,12,18H,3-4,7,10,17H2,1-2H3. The molecule has 0 aliphatic carbocycles. The largest absolute Gasteiger partial charge is 0.399 e. The number of hydrogen-bond donors (Lipinski definition) is 2. The summed E-state index contributed by atoms with van der Waals surface area (Å²) in [5.41, 5.74) is 8.14. The Labute approximate surface area is 124 Å². The minimum absolute atomic E-state index is 0.109. The molecular formula is C16H22N4O. The van der Waals surface area contributed by atoms with E-state index >= 15 is 0 Å². The molecule has 3 rings (SSSR count). The molecule has 1 aliphatic heterocycles. The maximum Gasteiger partial charge on any atom is 0.256 e. The second kappa shape index (κ2) is 5.41. The van der Waals surface area contributed by atoms with Gasteiger partial charge in [0, 0.05) is 41.9 Å². The number of nitrogens with two attached hydrogens (primary N) is 1. The van der Waals surface area contributed by atoms with E-state index in [1.807, 2.05) is 23.1 Å². The number of carbonyl (C=O) groups is 1. The van der Waals surface area contributed by atoms with Crippen molar-refractivity contribution in [3.05, 3.63) is 30.0 Å². The number of likely N-dealkylation sites (tertiary alicyclic amines) is 1. The van der Waals surface area contributed by atoms with Crippen LogP contribution < -0.4 is 5.73 Å². The lowest BCUT2D eigenvalue weighted by Crippen LogP contribution is -2.47. The topological polar surface area (TPSA) is 65.4 Å². The zero-order chi connectivity index (χ0) is 15.0. The van der Waals surface area contributed by atoms with E-state index < -0.39 is 0 Å². The number of nitrogens with one attached hydrogen (secondary N) is 1. The summed E-state index contributed by atoms with van der Waals surface area (Å²) in [6.45, 7) is 1.64. The number of rotatable bonds is 2. The van der Waals surface area contributed by atoms with E-state index in [2.05, 4.69) is 24.0 Å². The van der Waals surface area contributed by atoms with E-state index in [9.17, 15) is 4.79 Å². The Morgan fingerprint density at radius 2 is 2.24 bits per heavy atom. The van der Waals surface area contributed by atoms with Gasteiger partial charge in [-0.1, -0.05) is 0 Å². The molecule has 0 bridgehead atoms. The minimum Gasteiger partial charge on any atom is -0.399 e. The molecule has 1 fully saturated rings. The molecule has 1 unspecified atom stereocenters. The number of aromatic amines is 1. The third kappa shape index (κ3) is 2.61.